The van der Waals surface area contributed by atoms with E-state index in [9.17, 15) is 8.42 Å². The second-order valence-electron chi connectivity index (χ2n) is 4.40. The minimum absolute atomic E-state index is 0.0667. The predicted molar refractivity (Wildman–Crippen MR) is 81.3 cm³/mol. The Morgan fingerprint density at radius 3 is 2.65 bits per heavy atom. The fourth-order valence-corrected chi connectivity index (χ4v) is 3.73. The Hall–Kier alpha value is -1.28. The van der Waals surface area contributed by atoms with Gasteiger partial charge in [0, 0.05) is 23.5 Å². The lowest BCUT2D eigenvalue weighted by Crippen LogP contribution is -2.37. The van der Waals surface area contributed by atoms with Crippen LogP contribution >= 0.6 is 11.3 Å². The predicted octanol–water partition coefficient (Wildman–Crippen LogP) is 1.70. The molecule has 20 heavy (non-hydrogen) atoms. The van der Waals surface area contributed by atoms with E-state index in [-0.39, 0.29) is 11.1 Å². The van der Waals surface area contributed by atoms with E-state index in [0.29, 0.717) is 11.6 Å². The van der Waals surface area contributed by atoms with E-state index in [1.54, 1.807) is 12.4 Å². The van der Waals surface area contributed by atoms with Gasteiger partial charge in [-0.05, 0) is 14.0 Å². The topological polar surface area (TPSA) is 71.1 Å². The van der Waals surface area contributed by atoms with Crippen molar-refractivity contribution >= 4 is 21.4 Å². The molecule has 0 bridgehead atoms. The minimum Gasteiger partial charge on any atom is -0.316 e. The summed E-state index contributed by atoms with van der Waals surface area (Å²) in [4.78, 5) is 4.20. The van der Waals surface area contributed by atoms with E-state index in [1.165, 1.54) is 11.3 Å². The number of thiazole rings is 1. The summed E-state index contributed by atoms with van der Waals surface area (Å²) in [7, 11) is -1.76. The van der Waals surface area contributed by atoms with Gasteiger partial charge in [0.15, 0.2) is 5.03 Å². The van der Waals surface area contributed by atoms with Gasteiger partial charge in [0.25, 0.3) is 10.0 Å². The maximum Gasteiger partial charge on any atom is 0.258 e. The first kappa shape index (κ1) is 15.1. The molecule has 5 nitrogen and oxygen atoms in total. The fraction of sp³-hybridized carbons (Fsp3) is 0.308. The number of rotatable bonds is 6. The van der Waals surface area contributed by atoms with E-state index in [0.717, 1.165) is 5.56 Å². The summed E-state index contributed by atoms with van der Waals surface area (Å²) >= 11 is 1.32. The highest BCUT2D eigenvalue weighted by atomic mass is 32.2. The smallest absolute Gasteiger partial charge is 0.258 e. The van der Waals surface area contributed by atoms with Gasteiger partial charge in [-0.15, -0.1) is 11.3 Å². The quantitative estimate of drug-likeness (QED) is 0.852. The Morgan fingerprint density at radius 1 is 1.30 bits per heavy atom. The van der Waals surface area contributed by atoms with E-state index >= 15 is 0 Å². The molecular weight excluding hydrogens is 294 g/mol. The van der Waals surface area contributed by atoms with Crippen molar-refractivity contribution in [3.63, 3.8) is 0 Å². The highest BCUT2D eigenvalue weighted by Crippen LogP contribution is 2.25. The van der Waals surface area contributed by atoms with E-state index in [4.69, 9.17) is 0 Å². The van der Waals surface area contributed by atoms with Crippen LogP contribution in [0.5, 0.6) is 0 Å². The zero-order valence-electron chi connectivity index (χ0n) is 11.3. The molecule has 0 radical (unpaired) electrons. The third-order valence-corrected chi connectivity index (χ3v) is 5.20. The van der Waals surface area contributed by atoms with Crippen LogP contribution in [0.2, 0.25) is 0 Å². The van der Waals surface area contributed by atoms with Gasteiger partial charge in [-0.2, -0.15) is 0 Å². The third kappa shape index (κ3) is 3.63. The lowest BCUT2D eigenvalue weighted by molar-refractivity contribution is 0.552. The molecule has 0 saturated carbocycles. The van der Waals surface area contributed by atoms with E-state index in [2.05, 4.69) is 15.0 Å². The van der Waals surface area contributed by atoms with Gasteiger partial charge in [-0.3, -0.25) is 0 Å². The van der Waals surface area contributed by atoms with Crippen LogP contribution in [0.25, 0.3) is 10.6 Å². The van der Waals surface area contributed by atoms with E-state index < -0.39 is 10.0 Å². The van der Waals surface area contributed by atoms with Crippen molar-refractivity contribution < 1.29 is 8.42 Å². The molecule has 0 aliphatic rings. The molecule has 0 amide bonds. The normalized spacial score (nSPS) is 13.3. The SMILES string of the molecule is CNC(C)CNS(=O)(=O)c1csc(-c2ccccc2)n1. The first-order valence-corrected chi connectivity index (χ1v) is 8.57. The number of likely N-dealkylation sites (N-methyl/N-ethyl adjacent to an activating group) is 1. The average Bonchev–Trinajstić information content (AvgIpc) is 2.96. The van der Waals surface area contributed by atoms with Gasteiger partial charge in [-0.25, -0.2) is 18.1 Å². The largest absolute Gasteiger partial charge is 0.316 e. The monoisotopic (exact) mass is 311 g/mol. The number of hydrogen-bond donors (Lipinski definition) is 2. The van der Waals surface area contributed by atoms with Gasteiger partial charge in [-0.1, -0.05) is 30.3 Å². The molecule has 108 valence electrons. The number of hydrogen-bond acceptors (Lipinski definition) is 5. The summed E-state index contributed by atoms with van der Waals surface area (Å²) in [6.07, 6.45) is 0. The summed E-state index contributed by atoms with van der Waals surface area (Å²) in [6.45, 7) is 2.23. The number of nitrogens with one attached hydrogen (secondary N) is 2. The molecule has 1 aromatic heterocycles. The molecule has 2 rings (SSSR count). The zero-order chi connectivity index (χ0) is 14.6. The number of benzene rings is 1. The van der Waals surface area contributed by atoms with Gasteiger partial charge in [0.2, 0.25) is 0 Å². The number of nitrogens with zero attached hydrogens (tertiary/aromatic N) is 1. The molecule has 7 heteroatoms. The highest BCUT2D eigenvalue weighted by molar-refractivity contribution is 7.89. The molecular formula is C13H17N3O2S2. The lowest BCUT2D eigenvalue weighted by Gasteiger charge is -2.10. The van der Waals surface area contributed by atoms with Crippen LogP contribution in [-0.2, 0) is 10.0 Å². The summed E-state index contributed by atoms with van der Waals surface area (Å²) in [5.74, 6) is 0. The lowest BCUT2D eigenvalue weighted by atomic mass is 10.2. The van der Waals surface area contributed by atoms with Crippen LogP contribution in [0, 0.1) is 0 Å². The molecule has 0 fully saturated rings. The van der Waals surface area contributed by atoms with Gasteiger partial charge < -0.3 is 5.32 Å². The average molecular weight is 311 g/mol. The molecule has 1 heterocycles. The van der Waals surface area contributed by atoms with Crippen molar-refractivity contribution in [3.05, 3.63) is 35.7 Å². The Kier molecular flexibility index (Phi) is 4.87. The third-order valence-electron chi connectivity index (χ3n) is 2.85. The number of aromatic nitrogens is 1. The van der Waals surface area contributed by atoms with Crippen LogP contribution in [0.3, 0.4) is 0 Å². The Labute approximate surface area is 123 Å². The van der Waals surface area contributed by atoms with Crippen molar-refractivity contribution in [1.82, 2.24) is 15.0 Å². The van der Waals surface area contributed by atoms with Crippen LogP contribution in [0.1, 0.15) is 6.92 Å². The van der Waals surface area contributed by atoms with Crippen LogP contribution in [0.4, 0.5) is 0 Å². The number of sulfonamides is 1. The molecule has 1 atom stereocenters. The maximum atomic E-state index is 12.1. The molecule has 2 aromatic rings. The first-order chi connectivity index (χ1) is 9.53. The van der Waals surface area contributed by atoms with Crippen molar-refractivity contribution in [1.29, 1.82) is 0 Å². The Balaban J connectivity index is 2.16. The van der Waals surface area contributed by atoms with Crippen LogP contribution in [0.15, 0.2) is 40.7 Å². The van der Waals surface area contributed by atoms with Gasteiger partial charge >= 0.3 is 0 Å². The molecule has 1 aromatic carbocycles. The van der Waals surface area contributed by atoms with Crippen molar-refractivity contribution in [3.8, 4) is 10.6 Å². The second kappa shape index (κ2) is 6.45. The fourth-order valence-electron chi connectivity index (χ4n) is 1.51. The minimum atomic E-state index is -3.54. The van der Waals surface area contributed by atoms with Crippen molar-refractivity contribution in [2.24, 2.45) is 0 Å². The zero-order valence-corrected chi connectivity index (χ0v) is 13.0. The van der Waals surface area contributed by atoms with Gasteiger partial charge in [0.05, 0.1) is 0 Å². The molecule has 2 N–H and O–H groups in total. The molecule has 0 spiro atoms. The highest BCUT2D eigenvalue weighted by Gasteiger charge is 2.18. The molecule has 1 unspecified atom stereocenters. The second-order valence-corrected chi connectivity index (χ2v) is 6.97. The Morgan fingerprint density at radius 2 is 2.00 bits per heavy atom. The Bertz CT molecular complexity index is 653. The van der Waals surface area contributed by atoms with E-state index in [1.807, 2.05) is 37.3 Å². The maximum absolute atomic E-state index is 12.1. The van der Waals surface area contributed by atoms with Crippen LogP contribution < -0.4 is 10.0 Å². The summed E-state index contributed by atoms with van der Waals surface area (Å²) in [6, 6.07) is 9.60. The molecule has 0 aliphatic heterocycles. The first-order valence-electron chi connectivity index (χ1n) is 6.21. The van der Waals surface area contributed by atoms with Crippen molar-refractivity contribution in [2.75, 3.05) is 13.6 Å². The van der Waals surface area contributed by atoms with Crippen molar-refractivity contribution in [2.45, 2.75) is 18.0 Å². The summed E-state index contributed by atoms with van der Waals surface area (Å²) in [5, 5.41) is 5.31. The molecule has 0 saturated heterocycles. The summed E-state index contributed by atoms with van der Waals surface area (Å²) < 4.78 is 26.7. The standard InChI is InChI=1S/C13H17N3O2S2/c1-10(14-2)8-15-20(17,18)12-9-19-13(16-12)11-6-4-3-5-7-11/h3-7,9-10,14-15H,8H2,1-2H3. The summed E-state index contributed by atoms with van der Waals surface area (Å²) in [5.41, 5.74) is 0.919. The van der Waals surface area contributed by atoms with Crippen LogP contribution in [-0.4, -0.2) is 33.0 Å². The molecule has 0 aliphatic carbocycles. The van der Waals surface area contributed by atoms with Gasteiger partial charge in [0.1, 0.15) is 5.01 Å².